The lowest BCUT2D eigenvalue weighted by Gasteiger charge is -2.43. The molecule has 138 valence electrons. The Morgan fingerprint density at radius 1 is 1.24 bits per heavy atom. The standard InChI is InChI=1S/C16H25N5O3S/c1-11(2)21-10-17-18-15(21)7-19-5-6-20(16(22)12-3-4-12)14-9-25(23,24)8-13(14)19/h10-14H,3-9H2,1-2H3/t13-,14+/m0/s1. The molecular formula is C16H25N5O3S. The molecule has 3 fully saturated rings. The molecule has 3 aliphatic rings. The van der Waals surface area contributed by atoms with Crippen LogP contribution in [0.3, 0.4) is 0 Å². The Morgan fingerprint density at radius 2 is 1.96 bits per heavy atom. The van der Waals surface area contributed by atoms with Crippen LogP contribution in [0, 0.1) is 5.92 Å². The number of piperazine rings is 1. The van der Waals surface area contributed by atoms with Crippen molar-refractivity contribution in [1.29, 1.82) is 0 Å². The molecule has 1 aromatic heterocycles. The molecule has 9 heteroatoms. The van der Waals surface area contributed by atoms with E-state index in [-0.39, 0.29) is 41.5 Å². The van der Waals surface area contributed by atoms with Gasteiger partial charge in [-0.25, -0.2) is 8.42 Å². The number of rotatable bonds is 4. The topological polar surface area (TPSA) is 88.4 Å². The van der Waals surface area contributed by atoms with Crippen LogP contribution < -0.4 is 0 Å². The maximum Gasteiger partial charge on any atom is 0.226 e. The van der Waals surface area contributed by atoms with Crippen LogP contribution in [0.15, 0.2) is 6.33 Å². The summed E-state index contributed by atoms with van der Waals surface area (Å²) in [5.41, 5.74) is 0. The van der Waals surface area contributed by atoms with Gasteiger partial charge in [-0.3, -0.25) is 9.69 Å². The van der Waals surface area contributed by atoms with E-state index in [1.165, 1.54) is 0 Å². The van der Waals surface area contributed by atoms with Crippen molar-refractivity contribution >= 4 is 15.7 Å². The molecule has 1 amide bonds. The highest BCUT2D eigenvalue weighted by Gasteiger charge is 2.50. The number of aromatic nitrogens is 3. The monoisotopic (exact) mass is 367 g/mol. The molecule has 0 spiro atoms. The number of hydrogen-bond acceptors (Lipinski definition) is 6. The maximum atomic E-state index is 12.6. The molecule has 3 heterocycles. The van der Waals surface area contributed by atoms with Gasteiger partial charge in [-0.15, -0.1) is 10.2 Å². The largest absolute Gasteiger partial charge is 0.336 e. The summed E-state index contributed by atoms with van der Waals surface area (Å²) < 4.78 is 26.6. The number of amides is 1. The van der Waals surface area contributed by atoms with E-state index < -0.39 is 9.84 Å². The summed E-state index contributed by atoms with van der Waals surface area (Å²) in [4.78, 5) is 16.6. The minimum absolute atomic E-state index is 0.0868. The average molecular weight is 367 g/mol. The highest BCUT2D eigenvalue weighted by molar-refractivity contribution is 7.91. The van der Waals surface area contributed by atoms with Crippen LogP contribution in [-0.2, 0) is 21.2 Å². The lowest BCUT2D eigenvalue weighted by molar-refractivity contribution is -0.138. The van der Waals surface area contributed by atoms with Gasteiger partial charge in [-0.2, -0.15) is 0 Å². The Hall–Kier alpha value is -1.48. The van der Waals surface area contributed by atoms with Gasteiger partial charge in [-0.1, -0.05) is 0 Å². The summed E-state index contributed by atoms with van der Waals surface area (Å²) in [7, 11) is -3.12. The predicted octanol–water partition coefficient (Wildman–Crippen LogP) is 0.0788. The molecular weight excluding hydrogens is 342 g/mol. The summed E-state index contributed by atoms with van der Waals surface area (Å²) in [5.74, 6) is 1.34. The van der Waals surface area contributed by atoms with E-state index in [0.29, 0.717) is 19.6 Å². The molecule has 25 heavy (non-hydrogen) atoms. The molecule has 4 rings (SSSR count). The Morgan fingerprint density at radius 3 is 2.64 bits per heavy atom. The fourth-order valence-corrected chi connectivity index (χ4v) is 6.06. The number of carbonyl (C=O) groups excluding carboxylic acids is 1. The van der Waals surface area contributed by atoms with Crippen molar-refractivity contribution in [2.75, 3.05) is 24.6 Å². The first-order valence-corrected chi connectivity index (χ1v) is 10.8. The Kier molecular flexibility index (Phi) is 4.10. The molecule has 0 aromatic carbocycles. The summed E-state index contributed by atoms with van der Waals surface area (Å²) in [6.07, 6.45) is 3.61. The van der Waals surface area contributed by atoms with Gasteiger partial charge in [0.25, 0.3) is 0 Å². The van der Waals surface area contributed by atoms with Crippen LogP contribution >= 0.6 is 0 Å². The van der Waals surface area contributed by atoms with Gasteiger partial charge in [0, 0.05) is 31.1 Å². The van der Waals surface area contributed by atoms with Crippen molar-refractivity contribution in [2.24, 2.45) is 5.92 Å². The first-order valence-electron chi connectivity index (χ1n) is 8.99. The van der Waals surface area contributed by atoms with Crippen LogP contribution in [0.2, 0.25) is 0 Å². The third-order valence-corrected chi connectivity index (χ3v) is 7.25. The van der Waals surface area contributed by atoms with Crippen molar-refractivity contribution in [3.8, 4) is 0 Å². The van der Waals surface area contributed by atoms with Crippen molar-refractivity contribution in [3.63, 3.8) is 0 Å². The molecule has 1 aromatic rings. The second-order valence-electron chi connectivity index (χ2n) is 7.74. The van der Waals surface area contributed by atoms with E-state index in [9.17, 15) is 13.2 Å². The van der Waals surface area contributed by atoms with Crippen molar-refractivity contribution in [3.05, 3.63) is 12.2 Å². The van der Waals surface area contributed by atoms with E-state index in [4.69, 9.17) is 0 Å². The lowest BCUT2D eigenvalue weighted by atomic mass is 10.0. The fraction of sp³-hybridized carbons (Fsp3) is 0.812. The summed E-state index contributed by atoms with van der Waals surface area (Å²) in [6.45, 7) is 5.99. The van der Waals surface area contributed by atoms with Gasteiger partial charge in [-0.05, 0) is 26.7 Å². The average Bonchev–Trinajstić information content (AvgIpc) is 3.19. The minimum Gasteiger partial charge on any atom is -0.336 e. The molecule has 1 aliphatic carbocycles. The SMILES string of the molecule is CC(C)n1cnnc1CN1CCN(C(=O)C2CC2)[C@@H]2CS(=O)(=O)C[C@@H]21. The van der Waals surface area contributed by atoms with Gasteiger partial charge in [0.15, 0.2) is 9.84 Å². The highest BCUT2D eigenvalue weighted by Crippen LogP contribution is 2.35. The van der Waals surface area contributed by atoms with E-state index in [1.807, 2.05) is 9.47 Å². The second-order valence-corrected chi connectivity index (χ2v) is 9.89. The van der Waals surface area contributed by atoms with Gasteiger partial charge >= 0.3 is 0 Å². The Labute approximate surface area is 148 Å². The third-order valence-electron chi connectivity index (χ3n) is 5.55. The number of hydrogen-bond donors (Lipinski definition) is 0. The summed E-state index contributed by atoms with van der Waals surface area (Å²) in [6, 6.07) is -0.105. The lowest BCUT2D eigenvalue weighted by Crippen LogP contribution is -2.60. The Balaban J connectivity index is 1.56. The number of carbonyl (C=O) groups is 1. The van der Waals surface area contributed by atoms with Crippen molar-refractivity contribution in [2.45, 2.75) is 51.4 Å². The molecule has 8 nitrogen and oxygen atoms in total. The zero-order valence-corrected chi connectivity index (χ0v) is 15.5. The number of sulfone groups is 1. The van der Waals surface area contributed by atoms with Gasteiger partial charge < -0.3 is 9.47 Å². The predicted molar refractivity (Wildman–Crippen MR) is 91.5 cm³/mol. The van der Waals surface area contributed by atoms with E-state index in [1.54, 1.807) is 6.33 Å². The van der Waals surface area contributed by atoms with Crippen LogP contribution in [0.5, 0.6) is 0 Å². The summed E-state index contributed by atoms with van der Waals surface area (Å²) in [5, 5.41) is 8.22. The Bertz CT molecular complexity index is 770. The van der Waals surface area contributed by atoms with Gasteiger partial charge in [0.05, 0.1) is 24.1 Å². The van der Waals surface area contributed by atoms with Crippen LogP contribution in [-0.4, -0.2) is 75.6 Å². The normalized spacial score (nSPS) is 29.2. The van der Waals surface area contributed by atoms with E-state index >= 15 is 0 Å². The van der Waals surface area contributed by atoms with Crippen LogP contribution in [0.25, 0.3) is 0 Å². The quantitative estimate of drug-likeness (QED) is 0.749. The minimum atomic E-state index is -3.12. The number of fused-ring (bicyclic) bond motifs is 1. The molecule has 2 aliphatic heterocycles. The maximum absolute atomic E-state index is 12.6. The number of nitrogens with zero attached hydrogens (tertiary/aromatic N) is 5. The molecule has 2 atom stereocenters. The van der Waals surface area contributed by atoms with Crippen LogP contribution in [0.4, 0.5) is 0 Å². The fourth-order valence-electron chi connectivity index (χ4n) is 4.05. The highest BCUT2D eigenvalue weighted by atomic mass is 32.2. The third kappa shape index (κ3) is 3.19. The van der Waals surface area contributed by atoms with Crippen LogP contribution in [0.1, 0.15) is 38.6 Å². The second kappa shape index (κ2) is 6.05. The molecule has 0 bridgehead atoms. The smallest absolute Gasteiger partial charge is 0.226 e. The zero-order chi connectivity index (χ0) is 17.8. The van der Waals surface area contributed by atoms with Crippen molar-refractivity contribution in [1.82, 2.24) is 24.6 Å². The first kappa shape index (κ1) is 17.0. The molecule has 2 saturated heterocycles. The molecule has 0 radical (unpaired) electrons. The molecule has 0 unspecified atom stereocenters. The van der Waals surface area contributed by atoms with Gasteiger partial charge in [0.2, 0.25) is 5.91 Å². The van der Waals surface area contributed by atoms with Gasteiger partial charge in [0.1, 0.15) is 12.2 Å². The molecule has 1 saturated carbocycles. The zero-order valence-electron chi connectivity index (χ0n) is 14.7. The summed E-state index contributed by atoms with van der Waals surface area (Å²) >= 11 is 0. The van der Waals surface area contributed by atoms with E-state index in [2.05, 4.69) is 28.9 Å². The van der Waals surface area contributed by atoms with Crippen molar-refractivity contribution < 1.29 is 13.2 Å². The van der Waals surface area contributed by atoms with E-state index in [0.717, 1.165) is 18.7 Å². The molecule has 0 N–H and O–H groups in total. The first-order chi connectivity index (χ1) is 11.9.